The lowest BCUT2D eigenvalue weighted by molar-refractivity contribution is 0.590. The van der Waals surface area contributed by atoms with Crippen LogP contribution >= 0.6 is 0 Å². The van der Waals surface area contributed by atoms with Crippen molar-refractivity contribution in [2.24, 2.45) is 0 Å². The predicted octanol–water partition coefficient (Wildman–Crippen LogP) is 22.0. The topological polar surface area (TPSA) is 15.3 Å². The van der Waals surface area contributed by atoms with Crippen LogP contribution in [0.25, 0.3) is 98.4 Å². The van der Waals surface area contributed by atoms with Crippen molar-refractivity contribution in [2.45, 2.75) is 79.1 Å². The Morgan fingerprint density at radius 2 is 0.707 bits per heavy atom. The van der Waals surface area contributed by atoms with Crippen LogP contribution in [0.5, 0.6) is 0 Å². The molecule has 0 aliphatic heterocycles. The van der Waals surface area contributed by atoms with Gasteiger partial charge in [0.2, 0.25) is 0 Å². The van der Waals surface area contributed by atoms with Crippen molar-refractivity contribution in [1.82, 2.24) is 8.80 Å². The summed E-state index contributed by atoms with van der Waals surface area (Å²) in [5, 5.41) is 9.98. The van der Waals surface area contributed by atoms with Crippen molar-refractivity contribution in [3.8, 4) is 22.3 Å². The molecule has 0 saturated carbocycles. The molecular weight excluding hydrogens is 993 g/mol. The summed E-state index contributed by atoms with van der Waals surface area (Å²) in [7, 11) is 0. The second-order valence-corrected chi connectivity index (χ2v) is 24.7. The fraction of sp³-hybridized carbons (Fsp3) is 0.154. The smallest absolute Gasteiger partial charge is 0.0641 e. The molecule has 4 heterocycles. The molecule has 4 nitrogen and oxygen atoms in total. The molecular formula is C78H66N4. The number of aromatic nitrogens is 2. The van der Waals surface area contributed by atoms with Crippen LogP contribution in [0.1, 0.15) is 77.6 Å². The van der Waals surface area contributed by atoms with Gasteiger partial charge in [0.05, 0.1) is 55.8 Å². The van der Waals surface area contributed by atoms with Crippen LogP contribution in [0.4, 0.5) is 34.1 Å². The number of aryl methyl sites for hydroxylation is 2. The zero-order chi connectivity index (χ0) is 55.8. The van der Waals surface area contributed by atoms with E-state index < -0.39 is 0 Å². The highest BCUT2D eigenvalue weighted by Gasteiger charge is 2.30. The van der Waals surface area contributed by atoms with Gasteiger partial charge in [-0.1, -0.05) is 201 Å². The van der Waals surface area contributed by atoms with Crippen LogP contribution in [0.2, 0.25) is 0 Å². The fourth-order valence-corrected chi connectivity index (χ4v) is 13.6. The summed E-state index contributed by atoms with van der Waals surface area (Å²) < 4.78 is 5.15. The van der Waals surface area contributed by atoms with Crippen LogP contribution in [0.3, 0.4) is 0 Å². The summed E-state index contributed by atoms with van der Waals surface area (Å²) in [5.74, 6) is 0. The third-order valence-corrected chi connectivity index (χ3v) is 17.8. The van der Waals surface area contributed by atoms with Gasteiger partial charge in [-0.25, -0.2) is 0 Å². The summed E-state index contributed by atoms with van der Waals surface area (Å²) in [6, 6.07) is 87.4. The van der Waals surface area contributed by atoms with Gasteiger partial charge >= 0.3 is 0 Å². The number of nitrogens with zero attached hydrogens (tertiary/aromatic N) is 4. The summed E-state index contributed by atoms with van der Waals surface area (Å²) in [4.78, 5) is 5.10. The van der Waals surface area contributed by atoms with Crippen molar-refractivity contribution in [1.29, 1.82) is 0 Å². The Hall–Kier alpha value is -9.38. The van der Waals surface area contributed by atoms with E-state index in [2.05, 4.69) is 305 Å². The van der Waals surface area contributed by atoms with Gasteiger partial charge in [-0.05, 0) is 142 Å². The number of benzene rings is 11. The van der Waals surface area contributed by atoms with Crippen molar-refractivity contribution in [3.63, 3.8) is 0 Å². The lowest BCUT2D eigenvalue weighted by Gasteiger charge is -2.30. The maximum absolute atomic E-state index is 2.58. The molecule has 0 atom stereocenters. The molecule has 0 spiro atoms. The minimum atomic E-state index is -0.0446. The maximum Gasteiger partial charge on any atom is 0.0641 e. The van der Waals surface area contributed by atoms with E-state index in [-0.39, 0.29) is 10.8 Å². The highest BCUT2D eigenvalue weighted by molar-refractivity contribution is 6.32. The normalized spacial score (nSPS) is 12.5. The average molecular weight is 1060 g/mol. The van der Waals surface area contributed by atoms with Gasteiger partial charge in [-0.2, -0.15) is 0 Å². The highest BCUT2D eigenvalue weighted by Crippen LogP contribution is 2.53. The third kappa shape index (κ3) is 7.57. The van der Waals surface area contributed by atoms with Crippen LogP contribution in [-0.4, -0.2) is 8.80 Å². The number of rotatable bonds is 10. The van der Waals surface area contributed by atoms with Gasteiger partial charge in [0, 0.05) is 65.6 Å². The van der Waals surface area contributed by atoms with Gasteiger partial charge < -0.3 is 18.6 Å². The maximum atomic E-state index is 2.58. The molecule has 4 aromatic heterocycles. The van der Waals surface area contributed by atoms with E-state index >= 15 is 0 Å². The molecule has 0 unspecified atom stereocenters. The van der Waals surface area contributed by atoms with E-state index in [0.717, 1.165) is 47.0 Å². The quantitative estimate of drug-likeness (QED) is 0.136. The minimum Gasteiger partial charge on any atom is -0.309 e. The molecule has 398 valence electrons. The first-order valence-corrected chi connectivity index (χ1v) is 29.4. The molecule has 0 N–H and O–H groups in total. The van der Waals surface area contributed by atoms with E-state index in [1.165, 1.54) is 121 Å². The van der Waals surface area contributed by atoms with E-state index in [1.54, 1.807) is 0 Å². The van der Waals surface area contributed by atoms with Crippen LogP contribution < -0.4 is 9.80 Å². The Bertz CT molecular complexity index is 4650. The second-order valence-electron chi connectivity index (χ2n) is 24.7. The van der Waals surface area contributed by atoms with E-state index in [4.69, 9.17) is 0 Å². The highest BCUT2D eigenvalue weighted by atomic mass is 15.2. The van der Waals surface area contributed by atoms with Crippen LogP contribution in [0, 0.1) is 0 Å². The average Bonchev–Trinajstić information content (AvgIpc) is 1.66. The molecule has 0 bridgehead atoms. The van der Waals surface area contributed by atoms with Gasteiger partial charge in [-0.15, -0.1) is 0 Å². The summed E-state index contributed by atoms with van der Waals surface area (Å²) in [5.41, 5.74) is 24.2. The lowest BCUT2D eigenvalue weighted by atomic mass is 9.86. The van der Waals surface area contributed by atoms with Crippen molar-refractivity contribution < 1.29 is 0 Å². The van der Waals surface area contributed by atoms with E-state index in [1.807, 2.05) is 0 Å². The molecule has 0 saturated heterocycles. The Labute approximate surface area is 480 Å². The summed E-state index contributed by atoms with van der Waals surface area (Å²) in [6.45, 7) is 18.4. The molecule has 0 fully saturated rings. The molecule has 15 rings (SSSR count). The molecule has 0 amide bonds. The van der Waals surface area contributed by atoms with E-state index in [9.17, 15) is 0 Å². The molecule has 0 aliphatic carbocycles. The van der Waals surface area contributed by atoms with Crippen molar-refractivity contribution >= 4 is 110 Å². The van der Waals surface area contributed by atoms with Gasteiger partial charge in [-0.3, -0.25) is 0 Å². The van der Waals surface area contributed by atoms with Crippen molar-refractivity contribution in [3.05, 3.63) is 253 Å². The minimum absolute atomic E-state index is 0.0446. The SMILES string of the molecule is CCc1ccc(N(c2cccc(C(C)(C)C)c2)c2ccc3c4cc5c(cc4n4c6ccccc6c2c34)c2ccc(N(c3cccc(C(C)(C)C)c3)c3ccc(CC)cc3-c3ccccc3)c3c4ccccc4n5c23)c(-c2ccccc2)c1. The Balaban J connectivity index is 1.01. The predicted molar refractivity (Wildman–Crippen MR) is 352 cm³/mol. The number of para-hydroxylation sites is 2. The molecule has 4 heteroatoms. The van der Waals surface area contributed by atoms with Gasteiger partial charge in [0.1, 0.15) is 0 Å². The monoisotopic (exact) mass is 1060 g/mol. The second kappa shape index (κ2) is 18.6. The van der Waals surface area contributed by atoms with E-state index in [0.29, 0.717) is 0 Å². The summed E-state index contributed by atoms with van der Waals surface area (Å²) in [6.07, 6.45) is 1.91. The van der Waals surface area contributed by atoms with Crippen LogP contribution in [-0.2, 0) is 23.7 Å². The molecule has 82 heavy (non-hydrogen) atoms. The zero-order valence-corrected chi connectivity index (χ0v) is 48.1. The van der Waals surface area contributed by atoms with Gasteiger partial charge in [0.25, 0.3) is 0 Å². The molecule has 15 aromatic rings. The van der Waals surface area contributed by atoms with Crippen molar-refractivity contribution in [2.75, 3.05) is 9.80 Å². The number of hydrogen-bond acceptors (Lipinski definition) is 2. The Kier molecular flexibility index (Phi) is 11.3. The first-order chi connectivity index (χ1) is 39.9. The number of hydrogen-bond donors (Lipinski definition) is 0. The molecule has 0 radical (unpaired) electrons. The Morgan fingerprint density at radius 3 is 1.11 bits per heavy atom. The zero-order valence-electron chi connectivity index (χ0n) is 48.1. The fourth-order valence-electron chi connectivity index (χ4n) is 13.6. The third-order valence-electron chi connectivity index (χ3n) is 17.8. The molecule has 11 aromatic carbocycles. The largest absolute Gasteiger partial charge is 0.309 e. The first kappa shape index (κ1) is 49.6. The van der Waals surface area contributed by atoms with Gasteiger partial charge in [0.15, 0.2) is 0 Å². The Morgan fingerprint density at radius 1 is 0.317 bits per heavy atom. The standard InChI is InChI=1S/C78H66N4/c1-9-49-35-39-67(61(43-49)51-23-13-11-14-24-51)79(55-29-21-27-53(45-55)77(3,4)5)69-41-37-57-63-47-72-64(48-71(63)81-65-33-19-17-31-59(65)73(69)75(57)81)58-38-42-70(74-60-32-18-20-34-66(60)82(72)76(58)74)80(56-30-22-28-54(46-56)78(6,7)8)68-40-36-50(10-2)44-62(68)52-25-15-12-16-26-52/h11-48H,9-10H2,1-8H3. The summed E-state index contributed by atoms with van der Waals surface area (Å²) >= 11 is 0. The number of anilines is 6. The number of fused-ring (bicyclic) bond motifs is 12. The molecule has 0 aliphatic rings. The lowest BCUT2D eigenvalue weighted by Crippen LogP contribution is -2.15. The first-order valence-electron chi connectivity index (χ1n) is 29.4. The van der Waals surface area contributed by atoms with Crippen LogP contribution in [0.15, 0.2) is 231 Å².